The third kappa shape index (κ3) is 2.41. The molecule has 0 bridgehead atoms. The van der Waals surface area contributed by atoms with Crippen molar-refractivity contribution in [1.82, 2.24) is 0 Å². The summed E-state index contributed by atoms with van der Waals surface area (Å²) in [6.07, 6.45) is 0. The van der Waals surface area contributed by atoms with Crippen LogP contribution in [0.15, 0.2) is 42.5 Å². The molecule has 0 saturated heterocycles. The highest BCUT2D eigenvalue weighted by atomic mass is 14.1. The lowest BCUT2D eigenvalue weighted by Crippen LogP contribution is -1.97. The lowest BCUT2D eigenvalue weighted by atomic mass is 9.90. The van der Waals surface area contributed by atoms with Gasteiger partial charge in [-0.15, -0.1) is 0 Å². The van der Waals surface area contributed by atoms with Crippen LogP contribution < -0.4 is 0 Å². The maximum absolute atomic E-state index is 7.82. The van der Waals surface area contributed by atoms with Crippen LogP contribution in [0.3, 0.4) is 0 Å². The molecule has 0 aliphatic carbocycles. The molecule has 0 heteroatoms. The van der Waals surface area contributed by atoms with Gasteiger partial charge in [0.1, 0.15) is 0 Å². The van der Waals surface area contributed by atoms with Gasteiger partial charge in [0.15, 0.2) is 0 Å². The maximum Gasteiger partial charge on any atom is 0.0280 e. The van der Waals surface area contributed by atoms with Crippen molar-refractivity contribution in [3.05, 3.63) is 59.2 Å². The van der Waals surface area contributed by atoms with Crippen LogP contribution in [0.5, 0.6) is 0 Å². The molecular formula is C17H20. The monoisotopic (exact) mass is 230 g/mol. The highest BCUT2D eigenvalue weighted by Gasteiger charge is 2.09. The molecule has 0 radical (unpaired) electrons. The number of aryl methyl sites for hydroxylation is 2. The van der Waals surface area contributed by atoms with E-state index < -0.39 is 13.7 Å². The molecule has 0 spiro atoms. The summed E-state index contributed by atoms with van der Waals surface area (Å²) in [6.45, 7) is -1.07. The minimum Gasteiger partial charge on any atom is -0.0622 e. The van der Waals surface area contributed by atoms with Crippen LogP contribution in [0, 0.1) is 13.7 Å². The van der Waals surface area contributed by atoms with E-state index in [0.29, 0.717) is 11.1 Å². The van der Waals surface area contributed by atoms with Gasteiger partial charge >= 0.3 is 0 Å². The Hall–Kier alpha value is -1.56. The average molecular weight is 230 g/mol. The van der Waals surface area contributed by atoms with Crippen molar-refractivity contribution < 1.29 is 8.22 Å². The van der Waals surface area contributed by atoms with E-state index in [1.54, 1.807) is 12.1 Å². The molecule has 0 N–H and O–H groups in total. The second kappa shape index (κ2) is 4.75. The predicted octanol–water partition coefficient (Wildman–Crippen LogP) is 5.09. The van der Waals surface area contributed by atoms with Crippen molar-refractivity contribution in [2.45, 2.75) is 33.5 Å². The van der Waals surface area contributed by atoms with Gasteiger partial charge in [-0.3, -0.25) is 0 Å². The quantitative estimate of drug-likeness (QED) is 0.674. The highest BCUT2D eigenvalue weighted by Crippen LogP contribution is 2.29. The van der Waals surface area contributed by atoms with Gasteiger partial charge in [-0.05, 0) is 47.4 Å². The molecule has 0 atom stereocenters. The fourth-order valence-corrected chi connectivity index (χ4v) is 2.07. The molecule has 0 heterocycles. The van der Waals surface area contributed by atoms with Crippen LogP contribution in [0.2, 0.25) is 0 Å². The van der Waals surface area contributed by atoms with Gasteiger partial charge in [0.05, 0.1) is 0 Å². The number of hydrogen-bond acceptors (Lipinski definition) is 0. The number of benzene rings is 2. The van der Waals surface area contributed by atoms with Gasteiger partial charge in [-0.1, -0.05) is 56.3 Å². The topological polar surface area (TPSA) is 0 Å². The van der Waals surface area contributed by atoms with Crippen molar-refractivity contribution in [3.8, 4) is 11.1 Å². The largest absolute Gasteiger partial charge is 0.0622 e. The van der Waals surface area contributed by atoms with E-state index in [1.165, 1.54) is 0 Å². The first-order chi connectivity index (χ1) is 10.5. The Morgan fingerprint density at radius 1 is 0.882 bits per heavy atom. The third-order valence-corrected chi connectivity index (χ3v) is 2.86. The number of rotatable bonds is 2. The normalized spacial score (nSPS) is 17.6. The molecule has 0 aliphatic rings. The van der Waals surface area contributed by atoms with E-state index in [2.05, 4.69) is 0 Å². The van der Waals surface area contributed by atoms with Crippen LogP contribution in [0.25, 0.3) is 11.1 Å². The molecular weight excluding hydrogens is 204 g/mol. The van der Waals surface area contributed by atoms with Crippen molar-refractivity contribution >= 4 is 0 Å². The molecule has 88 valence electrons. The van der Waals surface area contributed by atoms with Crippen molar-refractivity contribution in [2.24, 2.45) is 0 Å². The summed E-state index contributed by atoms with van der Waals surface area (Å²) in [4.78, 5) is 0. The lowest BCUT2D eigenvalue weighted by molar-refractivity contribution is 0.846. The van der Waals surface area contributed by atoms with Crippen molar-refractivity contribution in [1.29, 1.82) is 0 Å². The fourth-order valence-electron chi connectivity index (χ4n) is 2.07. The first kappa shape index (κ1) is 6.39. The van der Waals surface area contributed by atoms with Gasteiger partial charge in [0, 0.05) is 8.22 Å². The minimum absolute atomic E-state index is 0.125. The Morgan fingerprint density at radius 3 is 1.94 bits per heavy atom. The van der Waals surface area contributed by atoms with Crippen LogP contribution in [-0.4, -0.2) is 0 Å². The van der Waals surface area contributed by atoms with Gasteiger partial charge in [-0.2, -0.15) is 0 Å². The van der Waals surface area contributed by atoms with Gasteiger partial charge in [0.2, 0.25) is 0 Å². The molecule has 0 unspecified atom stereocenters. The zero-order chi connectivity index (χ0) is 17.4. The average Bonchev–Trinajstić information content (AvgIpc) is 2.45. The second-order valence-corrected chi connectivity index (χ2v) is 4.51. The highest BCUT2D eigenvalue weighted by molar-refractivity contribution is 5.66. The maximum atomic E-state index is 7.82. The molecule has 0 saturated carbocycles. The Bertz CT molecular complexity index is 645. The molecule has 0 nitrogen and oxygen atoms in total. The Morgan fingerprint density at radius 2 is 1.47 bits per heavy atom. The molecule has 17 heavy (non-hydrogen) atoms. The summed E-state index contributed by atoms with van der Waals surface area (Å²) < 4.78 is 46.9. The summed E-state index contributed by atoms with van der Waals surface area (Å²) in [7, 11) is 0. The number of hydrogen-bond donors (Lipinski definition) is 0. The smallest absolute Gasteiger partial charge is 0.0280 e. The van der Waals surface area contributed by atoms with Gasteiger partial charge in [0.25, 0.3) is 0 Å². The zero-order valence-corrected chi connectivity index (χ0v) is 10.1. The minimum atomic E-state index is -2.36. The second-order valence-electron chi connectivity index (χ2n) is 4.51. The molecule has 0 amide bonds. The van der Waals surface area contributed by atoms with Gasteiger partial charge < -0.3 is 0 Å². The molecule has 0 fully saturated rings. The fraction of sp³-hybridized carbons (Fsp3) is 0.294. The first-order valence-electron chi connectivity index (χ1n) is 8.76. The van der Waals surface area contributed by atoms with Crippen LogP contribution in [-0.2, 0) is 0 Å². The summed E-state index contributed by atoms with van der Waals surface area (Å²) >= 11 is 0. The van der Waals surface area contributed by atoms with Crippen molar-refractivity contribution in [3.63, 3.8) is 0 Å². The van der Waals surface area contributed by atoms with Crippen LogP contribution in [0.4, 0.5) is 0 Å². The Kier molecular flexibility index (Phi) is 1.79. The molecule has 2 aromatic carbocycles. The predicted molar refractivity (Wildman–Crippen MR) is 75.4 cm³/mol. The summed E-state index contributed by atoms with van der Waals surface area (Å²) in [6, 6.07) is 12.4. The SMILES string of the molecule is [2H]C([2H])([2H])c1cc(-c2ccccc2)cc(C([2H])([2H])[2H])c1C(C)C. The van der Waals surface area contributed by atoms with Crippen LogP contribution in [0.1, 0.15) is 44.7 Å². The molecule has 0 aromatic heterocycles. The van der Waals surface area contributed by atoms with E-state index in [0.717, 1.165) is 5.56 Å². The lowest BCUT2D eigenvalue weighted by Gasteiger charge is -2.15. The summed E-state index contributed by atoms with van der Waals surface area (Å²) in [5, 5.41) is 0. The van der Waals surface area contributed by atoms with Crippen LogP contribution >= 0.6 is 0 Å². The van der Waals surface area contributed by atoms with E-state index in [-0.39, 0.29) is 17.0 Å². The zero-order valence-electron chi connectivity index (χ0n) is 16.1. The Balaban J connectivity index is 2.84. The third-order valence-electron chi connectivity index (χ3n) is 2.86. The van der Waals surface area contributed by atoms with Gasteiger partial charge in [-0.25, -0.2) is 0 Å². The summed E-state index contributed by atoms with van der Waals surface area (Å²) in [5.41, 5.74) is 2.08. The van der Waals surface area contributed by atoms with Crippen molar-refractivity contribution in [2.75, 3.05) is 0 Å². The molecule has 2 rings (SSSR count). The Labute approximate surface area is 113 Å². The standard InChI is InChI=1S/C17H20/c1-12(2)17-13(3)10-16(11-14(17)4)15-8-6-5-7-9-15/h5-12H,1-4H3/i3D3,4D3. The summed E-state index contributed by atoms with van der Waals surface area (Å²) in [5.74, 6) is -0.189. The first-order valence-corrected chi connectivity index (χ1v) is 5.76. The van der Waals surface area contributed by atoms with E-state index >= 15 is 0 Å². The van der Waals surface area contributed by atoms with E-state index in [4.69, 9.17) is 8.22 Å². The van der Waals surface area contributed by atoms with E-state index in [1.807, 2.05) is 44.2 Å². The molecule has 0 aliphatic heterocycles. The van der Waals surface area contributed by atoms with E-state index in [9.17, 15) is 0 Å². The molecule has 2 aromatic rings.